The summed E-state index contributed by atoms with van der Waals surface area (Å²) in [6.45, 7) is 5.26. The van der Waals surface area contributed by atoms with Crippen LogP contribution in [0.1, 0.15) is 5.56 Å². The minimum Gasteiger partial charge on any atom is -0.205 e. The molecule has 0 amide bonds. The maximum Gasteiger partial charge on any atom is 0.142 e. The number of hydrogen-bond donors (Lipinski definition) is 0. The van der Waals surface area contributed by atoms with E-state index in [2.05, 4.69) is 0 Å². The molecule has 0 bridgehead atoms. The second kappa shape index (κ2) is 3.02. The number of halogens is 2. The summed E-state index contributed by atoms with van der Waals surface area (Å²) in [4.78, 5) is 0. The maximum atomic E-state index is 12.6. The van der Waals surface area contributed by atoms with Gasteiger partial charge >= 0.3 is 0 Å². The van der Waals surface area contributed by atoms with E-state index in [4.69, 9.17) is 18.5 Å². The van der Waals surface area contributed by atoms with Gasteiger partial charge in [-0.15, -0.1) is 0 Å². The van der Waals surface area contributed by atoms with E-state index in [1.807, 2.05) is 0 Å². The third-order valence-corrected chi connectivity index (χ3v) is 1.53. The van der Waals surface area contributed by atoms with Gasteiger partial charge in [-0.2, -0.15) is 0 Å². The van der Waals surface area contributed by atoms with Crippen LogP contribution in [-0.2, 0) is 6.42 Å². The lowest BCUT2D eigenvalue weighted by atomic mass is 10.2. The average molecular weight is 157 g/mol. The zero-order valence-corrected chi connectivity index (χ0v) is 6.03. The van der Waals surface area contributed by atoms with Crippen LogP contribution in [0.5, 0.6) is 0 Å². The Bertz CT molecular complexity index is 233. The molecule has 0 unspecified atom stereocenters. The molecule has 10 heavy (non-hydrogen) atoms. The van der Waals surface area contributed by atoms with Crippen LogP contribution in [0.4, 0.5) is 4.39 Å². The smallest absolute Gasteiger partial charge is 0.142 e. The molecule has 0 saturated carbocycles. The fourth-order valence-corrected chi connectivity index (χ4v) is 0.784. The average Bonchev–Trinajstić information content (AvgIpc) is 1.95. The number of hydrogen-bond acceptors (Lipinski definition) is 0. The first kappa shape index (κ1) is 7.55. The molecule has 0 atom stereocenters. The Morgan fingerprint density at radius 1 is 1.50 bits per heavy atom. The molecule has 0 fully saturated rings. The highest BCUT2D eigenvalue weighted by molar-refractivity contribution is 6.30. The summed E-state index contributed by atoms with van der Waals surface area (Å²) >= 11 is 5.42. The first-order valence-corrected chi connectivity index (χ1v) is 3.26. The molecule has 1 aromatic rings. The largest absolute Gasteiger partial charge is 0.205 e. The van der Waals surface area contributed by atoms with Gasteiger partial charge in [-0.25, -0.2) is 4.39 Å². The summed E-state index contributed by atoms with van der Waals surface area (Å²) < 4.78 is 12.6. The van der Waals surface area contributed by atoms with Crippen molar-refractivity contribution in [1.82, 2.24) is 0 Å². The van der Waals surface area contributed by atoms with Crippen LogP contribution in [0.25, 0.3) is 0 Å². The van der Waals surface area contributed by atoms with Crippen LogP contribution in [0, 0.1) is 12.7 Å². The molecular formula is C8H6ClF. The molecule has 0 aromatic heterocycles. The molecule has 52 valence electrons. The summed E-state index contributed by atoms with van der Waals surface area (Å²) in [5.41, 5.74) is 0.752. The van der Waals surface area contributed by atoms with Crippen molar-refractivity contribution in [2.24, 2.45) is 0 Å². The van der Waals surface area contributed by atoms with Gasteiger partial charge < -0.3 is 0 Å². The molecule has 0 nitrogen and oxygen atoms in total. The van der Waals surface area contributed by atoms with Crippen molar-refractivity contribution in [3.8, 4) is 0 Å². The standard InChI is InChI=1S/C8H6ClF/c1-2-6-3-4-7(9)8(10)5-6/h1,3-5H,2H2. The minimum atomic E-state index is -0.412. The second-order valence-corrected chi connectivity index (χ2v) is 2.36. The highest BCUT2D eigenvalue weighted by Gasteiger charge is 1.97. The predicted octanol–water partition coefficient (Wildman–Crippen LogP) is 2.73. The molecule has 0 spiro atoms. The Labute approximate surface area is 64.6 Å². The van der Waals surface area contributed by atoms with E-state index in [0.717, 1.165) is 5.56 Å². The highest BCUT2D eigenvalue weighted by atomic mass is 35.5. The summed E-state index contributed by atoms with van der Waals surface area (Å²) in [7, 11) is 0. The first-order chi connectivity index (χ1) is 4.74. The van der Waals surface area contributed by atoms with Gasteiger partial charge in [0.05, 0.1) is 5.02 Å². The van der Waals surface area contributed by atoms with Crippen LogP contribution in [-0.4, -0.2) is 0 Å². The fraction of sp³-hybridized carbons (Fsp3) is 0.125. The minimum absolute atomic E-state index is 0.136. The Balaban J connectivity index is 3.04. The Kier molecular flexibility index (Phi) is 2.28. The number of rotatable bonds is 1. The van der Waals surface area contributed by atoms with E-state index in [1.54, 1.807) is 6.07 Å². The SMILES string of the molecule is [CH]Cc1ccc(Cl)c(F)c1. The summed E-state index contributed by atoms with van der Waals surface area (Å²) in [6.07, 6.45) is 0.341. The molecule has 2 heteroatoms. The molecule has 0 aliphatic carbocycles. The van der Waals surface area contributed by atoms with Gasteiger partial charge in [-0.1, -0.05) is 17.7 Å². The van der Waals surface area contributed by atoms with E-state index in [9.17, 15) is 4.39 Å². The van der Waals surface area contributed by atoms with E-state index in [-0.39, 0.29) is 5.02 Å². The fourth-order valence-electron chi connectivity index (χ4n) is 0.667. The zero-order chi connectivity index (χ0) is 7.56. The van der Waals surface area contributed by atoms with Crippen LogP contribution >= 0.6 is 11.6 Å². The van der Waals surface area contributed by atoms with E-state index in [1.165, 1.54) is 12.1 Å². The molecule has 0 N–H and O–H groups in total. The van der Waals surface area contributed by atoms with E-state index >= 15 is 0 Å². The second-order valence-electron chi connectivity index (χ2n) is 1.95. The third kappa shape index (κ3) is 1.48. The van der Waals surface area contributed by atoms with Crippen molar-refractivity contribution in [3.05, 3.63) is 41.5 Å². The monoisotopic (exact) mass is 156 g/mol. The summed E-state index contributed by atoms with van der Waals surface area (Å²) in [5, 5.41) is 0.136. The van der Waals surface area contributed by atoms with Crippen LogP contribution < -0.4 is 0 Å². The van der Waals surface area contributed by atoms with Gasteiger partial charge in [-0.05, 0) is 31.0 Å². The van der Waals surface area contributed by atoms with E-state index < -0.39 is 5.82 Å². The first-order valence-electron chi connectivity index (χ1n) is 2.88. The van der Waals surface area contributed by atoms with Crippen molar-refractivity contribution in [1.29, 1.82) is 0 Å². The van der Waals surface area contributed by atoms with E-state index in [0.29, 0.717) is 6.42 Å². The van der Waals surface area contributed by atoms with Gasteiger partial charge in [0.2, 0.25) is 0 Å². The highest BCUT2D eigenvalue weighted by Crippen LogP contribution is 2.15. The lowest BCUT2D eigenvalue weighted by Gasteiger charge is -1.96. The van der Waals surface area contributed by atoms with Gasteiger partial charge in [0.1, 0.15) is 5.82 Å². The maximum absolute atomic E-state index is 12.6. The Hall–Kier alpha value is -0.560. The topological polar surface area (TPSA) is 0 Å². The Morgan fingerprint density at radius 3 is 2.70 bits per heavy atom. The predicted molar refractivity (Wildman–Crippen MR) is 39.4 cm³/mol. The van der Waals surface area contributed by atoms with Crippen molar-refractivity contribution in [3.63, 3.8) is 0 Å². The van der Waals surface area contributed by atoms with Crippen molar-refractivity contribution >= 4 is 11.6 Å². The third-order valence-electron chi connectivity index (χ3n) is 1.22. The quantitative estimate of drug-likeness (QED) is 0.587. The molecule has 0 saturated heterocycles. The normalized spacial score (nSPS) is 9.90. The molecule has 0 heterocycles. The van der Waals surface area contributed by atoms with Gasteiger partial charge in [0, 0.05) is 0 Å². The Morgan fingerprint density at radius 2 is 2.20 bits per heavy atom. The van der Waals surface area contributed by atoms with Crippen molar-refractivity contribution in [2.75, 3.05) is 0 Å². The van der Waals surface area contributed by atoms with Crippen LogP contribution in [0.15, 0.2) is 18.2 Å². The lowest BCUT2D eigenvalue weighted by molar-refractivity contribution is 0.626. The zero-order valence-electron chi connectivity index (χ0n) is 5.27. The molecule has 0 aliphatic heterocycles. The van der Waals surface area contributed by atoms with Crippen LogP contribution in [0.2, 0.25) is 5.02 Å². The van der Waals surface area contributed by atoms with Crippen LogP contribution in [0.3, 0.4) is 0 Å². The summed E-state index contributed by atoms with van der Waals surface area (Å²) in [6, 6.07) is 4.53. The van der Waals surface area contributed by atoms with Crippen molar-refractivity contribution in [2.45, 2.75) is 6.42 Å². The lowest BCUT2D eigenvalue weighted by Crippen LogP contribution is -1.82. The number of benzene rings is 1. The molecular weight excluding hydrogens is 151 g/mol. The van der Waals surface area contributed by atoms with Gasteiger partial charge in [0.25, 0.3) is 0 Å². The van der Waals surface area contributed by atoms with Gasteiger partial charge in [-0.3, -0.25) is 0 Å². The molecule has 1 aromatic carbocycles. The molecule has 1 rings (SSSR count). The molecule has 0 aliphatic rings. The molecule has 2 radical (unpaired) electrons. The van der Waals surface area contributed by atoms with Crippen molar-refractivity contribution < 1.29 is 4.39 Å². The van der Waals surface area contributed by atoms with Gasteiger partial charge in [0.15, 0.2) is 0 Å². The summed E-state index contributed by atoms with van der Waals surface area (Å²) in [5.74, 6) is -0.412.